The van der Waals surface area contributed by atoms with Crippen LogP contribution in [0, 0.1) is 13.8 Å². The molecule has 2 saturated heterocycles. The first-order chi connectivity index (χ1) is 13.6. The van der Waals surface area contributed by atoms with Gasteiger partial charge in [0.1, 0.15) is 6.04 Å². The molecular formula is C20H26N2O6S. The minimum atomic E-state index is -1.05. The number of esters is 2. The molecule has 29 heavy (non-hydrogen) atoms. The summed E-state index contributed by atoms with van der Waals surface area (Å²) in [6.07, 6.45) is 0.0648. The lowest BCUT2D eigenvalue weighted by Crippen LogP contribution is -2.47. The molecule has 1 N–H and O–H groups in total. The summed E-state index contributed by atoms with van der Waals surface area (Å²) in [4.78, 5) is 54.1. The molecule has 2 aliphatic rings. The number of hydrogen-bond acceptors (Lipinski definition) is 7. The average molecular weight is 423 g/mol. The second-order valence-electron chi connectivity index (χ2n) is 7.55. The number of nitrogens with one attached hydrogen (secondary N) is 1. The predicted octanol–water partition coefficient (Wildman–Crippen LogP) is 2.38. The fourth-order valence-electron chi connectivity index (χ4n) is 4.01. The van der Waals surface area contributed by atoms with Crippen molar-refractivity contribution in [3.63, 3.8) is 0 Å². The third-order valence-electron chi connectivity index (χ3n) is 5.54. The number of H-pyrrole nitrogens is 1. The van der Waals surface area contributed by atoms with Gasteiger partial charge in [-0.2, -0.15) is 0 Å². The van der Waals surface area contributed by atoms with E-state index < -0.39 is 29.9 Å². The van der Waals surface area contributed by atoms with E-state index in [-0.39, 0.29) is 23.1 Å². The molecule has 3 heterocycles. The fraction of sp³-hybridized carbons (Fsp3) is 0.600. The van der Waals surface area contributed by atoms with Gasteiger partial charge in [0, 0.05) is 17.9 Å². The van der Waals surface area contributed by atoms with E-state index in [0.717, 1.165) is 0 Å². The molecule has 0 bridgehead atoms. The molecule has 9 heteroatoms. The number of hydrogen-bond donors (Lipinski definition) is 1. The van der Waals surface area contributed by atoms with Crippen LogP contribution < -0.4 is 0 Å². The summed E-state index contributed by atoms with van der Waals surface area (Å²) in [6.45, 7) is 8.72. The van der Waals surface area contributed by atoms with E-state index in [1.54, 1.807) is 37.4 Å². The van der Waals surface area contributed by atoms with Crippen molar-refractivity contribution in [2.45, 2.75) is 64.5 Å². The number of Topliss-reactive ketones (excluding diaryl/α,β-unsaturated/α-hetero) is 1. The summed E-state index contributed by atoms with van der Waals surface area (Å²) in [6, 6.07) is -0.684. The number of ether oxygens (including phenoxy) is 2. The van der Waals surface area contributed by atoms with Crippen LogP contribution in [0.3, 0.4) is 0 Å². The number of aryl methyl sites for hydroxylation is 1. The van der Waals surface area contributed by atoms with Gasteiger partial charge in [-0.1, -0.05) is 0 Å². The first-order valence-corrected chi connectivity index (χ1v) is 10.7. The third kappa shape index (κ3) is 3.68. The van der Waals surface area contributed by atoms with Gasteiger partial charge in [0.2, 0.25) is 11.7 Å². The van der Waals surface area contributed by atoms with Crippen LogP contribution in [0.1, 0.15) is 65.7 Å². The largest absolute Gasteiger partial charge is 0.462 e. The van der Waals surface area contributed by atoms with Gasteiger partial charge in [-0.3, -0.25) is 9.59 Å². The van der Waals surface area contributed by atoms with Crippen LogP contribution >= 0.6 is 11.8 Å². The molecule has 0 aliphatic carbocycles. The zero-order valence-corrected chi connectivity index (χ0v) is 18.1. The van der Waals surface area contributed by atoms with E-state index >= 15 is 0 Å². The normalized spacial score (nSPS) is 24.4. The van der Waals surface area contributed by atoms with Crippen molar-refractivity contribution in [2.24, 2.45) is 0 Å². The Kier molecular flexibility index (Phi) is 5.80. The van der Waals surface area contributed by atoms with E-state index in [0.29, 0.717) is 35.4 Å². The van der Waals surface area contributed by atoms with Gasteiger partial charge >= 0.3 is 11.9 Å². The molecule has 2 fully saturated rings. The SMILES string of the molecule is CCOC(=O)c1c(C)[nH]c(C(=O)[C@H](C)OC(=O)[C@@H]2CS[C@@]3(C)CCC(=O)N23)c1C. The molecule has 0 spiro atoms. The number of amides is 1. The van der Waals surface area contributed by atoms with Gasteiger partial charge in [0.25, 0.3) is 0 Å². The molecule has 1 amide bonds. The first kappa shape index (κ1) is 21.4. The first-order valence-electron chi connectivity index (χ1n) is 9.67. The summed E-state index contributed by atoms with van der Waals surface area (Å²) >= 11 is 1.56. The molecule has 3 rings (SSSR count). The molecule has 0 unspecified atom stereocenters. The molecular weight excluding hydrogens is 396 g/mol. The van der Waals surface area contributed by atoms with Crippen molar-refractivity contribution in [2.75, 3.05) is 12.4 Å². The Balaban J connectivity index is 1.73. The zero-order valence-electron chi connectivity index (χ0n) is 17.3. The number of rotatable bonds is 6. The Morgan fingerprint density at radius 1 is 1.34 bits per heavy atom. The Bertz CT molecular complexity index is 879. The standard InChI is InChI=1S/C20H26N2O6S/c1-6-27-19(26)15-10(2)16(21-11(15)3)17(24)12(4)28-18(25)13-9-29-20(5)8-7-14(23)22(13)20/h12-13,21H,6-9H2,1-5H3/t12-,13-,20-/m0/s1. The molecule has 2 aliphatic heterocycles. The van der Waals surface area contributed by atoms with Crippen molar-refractivity contribution < 1.29 is 28.7 Å². The minimum Gasteiger partial charge on any atom is -0.462 e. The second kappa shape index (κ2) is 7.85. The summed E-state index contributed by atoms with van der Waals surface area (Å²) in [5.41, 5.74) is 1.52. The van der Waals surface area contributed by atoms with E-state index in [2.05, 4.69) is 4.98 Å². The number of carbonyl (C=O) groups is 4. The third-order valence-corrected chi connectivity index (χ3v) is 7.05. The quantitative estimate of drug-likeness (QED) is 0.554. The predicted molar refractivity (Wildman–Crippen MR) is 107 cm³/mol. The van der Waals surface area contributed by atoms with Crippen molar-refractivity contribution >= 4 is 35.4 Å². The fourth-order valence-corrected chi connectivity index (χ4v) is 5.43. The van der Waals surface area contributed by atoms with Gasteiger partial charge in [-0.05, 0) is 46.6 Å². The van der Waals surface area contributed by atoms with Crippen LogP contribution in [0.15, 0.2) is 0 Å². The monoisotopic (exact) mass is 422 g/mol. The highest BCUT2D eigenvalue weighted by Crippen LogP contribution is 2.47. The lowest BCUT2D eigenvalue weighted by molar-refractivity contribution is -0.155. The van der Waals surface area contributed by atoms with Crippen LogP contribution in [-0.2, 0) is 19.1 Å². The van der Waals surface area contributed by atoms with Crippen molar-refractivity contribution in [1.82, 2.24) is 9.88 Å². The van der Waals surface area contributed by atoms with Crippen molar-refractivity contribution in [3.8, 4) is 0 Å². The summed E-state index contributed by atoms with van der Waals surface area (Å²) < 4.78 is 10.5. The number of aromatic amines is 1. The number of carbonyl (C=O) groups excluding carboxylic acids is 4. The van der Waals surface area contributed by atoms with Gasteiger partial charge in [0.15, 0.2) is 6.10 Å². The number of aromatic nitrogens is 1. The molecule has 8 nitrogen and oxygen atoms in total. The number of ketones is 1. The lowest BCUT2D eigenvalue weighted by Gasteiger charge is -2.29. The molecule has 3 atom stereocenters. The number of nitrogens with zero attached hydrogens (tertiary/aromatic N) is 1. The minimum absolute atomic E-state index is 0.0617. The molecule has 0 radical (unpaired) electrons. The van der Waals surface area contributed by atoms with Crippen molar-refractivity contribution in [1.29, 1.82) is 0 Å². The van der Waals surface area contributed by atoms with Crippen LogP contribution in [-0.4, -0.2) is 62.9 Å². The van der Waals surface area contributed by atoms with Crippen LogP contribution in [0.5, 0.6) is 0 Å². The summed E-state index contributed by atoms with van der Waals surface area (Å²) in [5, 5.41) is 0. The van der Waals surface area contributed by atoms with Crippen LogP contribution in [0.25, 0.3) is 0 Å². The molecule has 0 aromatic carbocycles. The Morgan fingerprint density at radius 2 is 2.03 bits per heavy atom. The maximum absolute atomic E-state index is 12.9. The lowest BCUT2D eigenvalue weighted by atomic mass is 10.1. The molecule has 1 aromatic rings. The van der Waals surface area contributed by atoms with Crippen LogP contribution in [0.2, 0.25) is 0 Å². The van der Waals surface area contributed by atoms with E-state index in [4.69, 9.17) is 9.47 Å². The highest BCUT2D eigenvalue weighted by Gasteiger charge is 2.53. The van der Waals surface area contributed by atoms with Gasteiger partial charge in [-0.25, -0.2) is 9.59 Å². The van der Waals surface area contributed by atoms with Gasteiger partial charge in [-0.15, -0.1) is 11.8 Å². The van der Waals surface area contributed by atoms with Gasteiger partial charge < -0.3 is 19.4 Å². The Hall–Kier alpha value is -2.29. The molecule has 1 aromatic heterocycles. The zero-order chi connectivity index (χ0) is 21.5. The van der Waals surface area contributed by atoms with E-state index in [1.807, 2.05) is 6.92 Å². The number of fused-ring (bicyclic) bond motifs is 1. The maximum atomic E-state index is 12.9. The maximum Gasteiger partial charge on any atom is 0.340 e. The van der Waals surface area contributed by atoms with Crippen LogP contribution in [0.4, 0.5) is 0 Å². The van der Waals surface area contributed by atoms with Crippen molar-refractivity contribution in [3.05, 3.63) is 22.5 Å². The highest BCUT2D eigenvalue weighted by atomic mass is 32.2. The number of thioether (sulfide) groups is 1. The Morgan fingerprint density at radius 3 is 2.69 bits per heavy atom. The van der Waals surface area contributed by atoms with Gasteiger partial charge in [0.05, 0.1) is 22.7 Å². The topological polar surface area (TPSA) is 106 Å². The Labute approximate surface area is 173 Å². The molecule has 158 valence electrons. The average Bonchev–Trinajstić information content (AvgIpc) is 3.25. The highest BCUT2D eigenvalue weighted by molar-refractivity contribution is 8.01. The van der Waals surface area contributed by atoms with E-state index in [9.17, 15) is 19.2 Å². The summed E-state index contributed by atoms with van der Waals surface area (Å²) in [7, 11) is 0. The molecule has 0 saturated carbocycles. The van der Waals surface area contributed by atoms with E-state index in [1.165, 1.54) is 6.92 Å². The smallest absolute Gasteiger partial charge is 0.340 e. The second-order valence-corrected chi connectivity index (χ2v) is 9.06. The summed E-state index contributed by atoms with van der Waals surface area (Å²) in [5.74, 6) is -1.12.